The molecule has 0 bridgehead atoms. The van der Waals surface area contributed by atoms with E-state index in [1.54, 1.807) is 0 Å². The fourth-order valence-corrected chi connectivity index (χ4v) is 3.54. The van der Waals surface area contributed by atoms with Crippen molar-refractivity contribution in [1.29, 1.82) is 0 Å². The summed E-state index contributed by atoms with van der Waals surface area (Å²) in [5.74, 6) is -0.126. The van der Waals surface area contributed by atoms with Crippen LogP contribution in [0, 0.1) is 0 Å². The first-order valence-corrected chi connectivity index (χ1v) is 8.81. The van der Waals surface area contributed by atoms with Gasteiger partial charge in [-0.15, -0.1) is 0 Å². The molecule has 2 aromatic rings. The molecule has 1 fully saturated rings. The largest absolute Gasteiger partial charge is 0.300 e. The fourth-order valence-electron chi connectivity index (χ4n) is 1.89. The zero-order chi connectivity index (χ0) is 15.5. The minimum absolute atomic E-state index is 0.126. The third-order valence-electron chi connectivity index (χ3n) is 2.84. The molecular weight excluding hydrogens is 428 g/mol. The van der Waals surface area contributed by atoms with Gasteiger partial charge in [0.25, 0.3) is 5.91 Å². The summed E-state index contributed by atoms with van der Waals surface area (Å²) in [6.07, 6.45) is 1.86. The molecule has 1 N–H and O–H groups in total. The van der Waals surface area contributed by atoms with Crippen LogP contribution in [-0.2, 0) is 4.79 Å². The molecule has 1 aliphatic rings. The van der Waals surface area contributed by atoms with Gasteiger partial charge >= 0.3 is 0 Å². The summed E-state index contributed by atoms with van der Waals surface area (Å²) in [6.45, 7) is 0. The molecule has 6 heteroatoms. The zero-order valence-electron chi connectivity index (χ0n) is 11.2. The predicted molar refractivity (Wildman–Crippen MR) is 99.1 cm³/mol. The van der Waals surface area contributed by atoms with Gasteiger partial charge in [0.05, 0.1) is 10.6 Å². The summed E-state index contributed by atoms with van der Waals surface area (Å²) in [5.41, 5.74) is 1.76. The Hall–Kier alpha value is -1.37. The Morgan fingerprint density at radius 3 is 2.50 bits per heavy atom. The number of halogens is 2. The van der Waals surface area contributed by atoms with Gasteiger partial charge in [-0.25, -0.2) is 4.99 Å². The Labute approximate surface area is 149 Å². The van der Waals surface area contributed by atoms with E-state index >= 15 is 0 Å². The van der Waals surface area contributed by atoms with Gasteiger partial charge in [-0.05, 0) is 53.7 Å². The van der Waals surface area contributed by atoms with Crippen LogP contribution in [0.15, 0.2) is 67.4 Å². The molecule has 0 aliphatic carbocycles. The molecule has 3 rings (SSSR count). The SMILES string of the molecule is O=C1NC(=Nc2cccc(Br)c2)S/C1=C\c1cccc(Br)c1. The lowest BCUT2D eigenvalue weighted by molar-refractivity contribution is -0.115. The third-order valence-corrected chi connectivity index (χ3v) is 4.73. The topological polar surface area (TPSA) is 41.5 Å². The number of rotatable bonds is 2. The smallest absolute Gasteiger partial charge is 0.264 e. The lowest BCUT2D eigenvalue weighted by Gasteiger charge is -1.97. The standard InChI is InChI=1S/C16H10Br2N2OS/c17-11-4-1-3-10(7-11)8-14-15(21)20-16(22-14)19-13-6-2-5-12(18)9-13/h1-9H,(H,19,20,21)/b14-8-. The van der Waals surface area contributed by atoms with Crippen molar-refractivity contribution in [3.8, 4) is 0 Å². The van der Waals surface area contributed by atoms with E-state index in [0.29, 0.717) is 10.1 Å². The number of carbonyl (C=O) groups excluding carboxylic acids is 1. The van der Waals surface area contributed by atoms with E-state index in [4.69, 9.17) is 0 Å². The van der Waals surface area contributed by atoms with Gasteiger partial charge in [0, 0.05) is 8.95 Å². The Morgan fingerprint density at radius 2 is 1.77 bits per heavy atom. The van der Waals surface area contributed by atoms with E-state index in [2.05, 4.69) is 42.2 Å². The number of nitrogens with zero attached hydrogens (tertiary/aromatic N) is 1. The van der Waals surface area contributed by atoms with Crippen LogP contribution in [0.3, 0.4) is 0 Å². The molecule has 0 saturated carbocycles. The van der Waals surface area contributed by atoms with Gasteiger partial charge in [-0.2, -0.15) is 0 Å². The van der Waals surface area contributed by atoms with E-state index in [-0.39, 0.29) is 5.91 Å². The normalized spacial score (nSPS) is 18.0. The first-order valence-electron chi connectivity index (χ1n) is 6.41. The molecule has 0 aromatic heterocycles. The minimum atomic E-state index is -0.126. The summed E-state index contributed by atoms with van der Waals surface area (Å²) >= 11 is 8.17. The van der Waals surface area contributed by atoms with Gasteiger partial charge in [0.15, 0.2) is 5.17 Å². The Morgan fingerprint density at radius 1 is 1.05 bits per heavy atom. The molecule has 0 atom stereocenters. The quantitative estimate of drug-likeness (QED) is 0.663. The van der Waals surface area contributed by atoms with E-state index < -0.39 is 0 Å². The highest BCUT2D eigenvalue weighted by Gasteiger charge is 2.23. The molecule has 1 aliphatic heterocycles. The van der Waals surface area contributed by atoms with Crippen LogP contribution in [-0.4, -0.2) is 11.1 Å². The lowest BCUT2D eigenvalue weighted by Crippen LogP contribution is -2.19. The summed E-state index contributed by atoms with van der Waals surface area (Å²) in [7, 11) is 0. The summed E-state index contributed by atoms with van der Waals surface area (Å²) < 4.78 is 1.93. The van der Waals surface area contributed by atoms with Crippen LogP contribution in [0.5, 0.6) is 0 Å². The number of hydrogen-bond donors (Lipinski definition) is 1. The first-order chi connectivity index (χ1) is 10.6. The van der Waals surface area contributed by atoms with Gasteiger partial charge in [-0.3, -0.25) is 4.79 Å². The Balaban J connectivity index is 1.84. The van der Waals surface area contributed by atoms with Crippen molar-refractivity contribution in [3.05, 3.63) is 67.9 Å². The maximum atomic E-state index is 12.0. The van der Waals surface area contributed by atoms with E-state index in [1.807, 2.05) is 54.6 Å². The van der Waals surface area contributed by atoms with Crippen molar-refractivity contribution >= 4 is 66.5 Å². The molecule has 1 amide bonds. The van der Waals surface area contributed by atoms with Crippen molar-refractivity contribution in [2.24, 2.45) is 4.99 Å². The van der Waals surface area contributed by atoms with Crippen LogP contribution in [0.2, 0.25) is 0 Å². The molecule has 0 unspecified atom stereocenters. The summed E-state index contributed by atoms with van der Waals surface area (Å²) in [4.78, 5) is 17.1. The highest BCUT2D eigenvalue weighted by molar-refractivity contribution is 9.10. The molecule has 2 aromatic carbocycles. The van der Waals surface area contributed by atoms with Crippen molar-refractivity contribution in [2.75, 3.05) is 0 Å². The number of amides is 1. The van der Waals surface area contributed by atoms with Crippen molar-refractivity contribution in [1.82, 2.24) is 5.32 Å². The molecule has 110 valence electrons. The Bertz CT molecular complexity index is 802. The molecule has 0 radical (unpaired) electrons. The number of aliphatic imine (C=N–C) groups is 1. The van der Waals surface area contributed by atoms with Crippen molar-refractivity contribution in [3.63, 3.8) is 0 Å². The van der Waals surface area contributed by atoms with E-state index in [0.717, 1.165) is 20.2 Å². The second kappa shape index (κ2) is 6.81. The molecule has 1 saturated heterocycles. The van der Waals surface area contributed by atoms with Crippen LogP contribution in [0.1, 0.15) is 5.56 Å². The Kier molecular flexibility index (Phi) is 4.81. The predicted octanol–water partition coefficient (Wildman–Crippen LogP) is 5.10. The molecule has 0 spiro atoms. The molecule has 1 heterocycles. The third kappa shape index (κ3) is 3.88. The second-order valence-corrected chi connectivity index (χ2v) is 7.38. The van der Waals surface area contributed by atoms with Crippen LogP contribution >= 0.6 is 43.6 Å². The van der Waals surface area contributed by atoms with Crippen LogP contribution in [0.25, 0.3) is 6.08 Å². The average molecular weight is 438 g/mol. The number of benzene rings is 2. The average Bonchev–Trinajstić information content (AvgIpc) is 2.79. The lowest BCUT2D eigenvalue weighted by atomic mass is 10.2. The number of amidine groups is 1. The van der Waals surface area contributed by atoms with Crippen LogP contribution < -0.4 is 5.32 Å². The van der Waals surface area contributed by atoms with Gasteiger partial charge in [0.2, 0.25) is 0 Å². The maximum Gasteiger partial charge on any atom is 0.264 e. The maximum absolute atomic E-state index is 12.0. The number of carbonyl (C=O) groups is 1. The zero-order valence-corrected chi connectivity index (χ0v) is 15.2. The summed E-state index contributed by atoms with van der Waals surface area (Å²) in [6, 6.07) is 15.4. The van der Waals surface area contributed by atoms with Crippen molar-refractivity contribution in [2.45, 2.75) is 0 Å². The van der Waals surface area contributed by atoms with Gasteiger partial charge in [0.1, 0.15) is 0 Å². The second-order valence-electron chi connectivity index (χ2n) is 4.52. The van der Waals surface area contributed by atoms with Crippen LogP contribution in [0.4, 0.5) is 5.69 Å². The van der Waals surface area contributed by atoms with Gasteiger partial charge < -0.3 is 5.32 Å². The molecule has 3 nitrogen and oxygen atoms in total. The van der Waals surface area contributed by atoms with Gasteiger partial charge in [-0.1, -0.05) is 50.1 Å². The first kappa shape index (κ1) is 15.5. The number of thioether (sulfide) groups is 1. The monoisotopic (exact) mass is 436 g/mol. The van der Waals surface area contributed by atoms with Crippen molar-refractivity contribution < 1.29 is 4.79 Å². The molecule has 22 heavy (non-hydrogen) atoms. The minimum Gasteiger partial charge on any atom is -0.300 e. The number of nitrogens with one attached hydrogen (secondary N) is 1. The fraction of sp³-hybridized carbons (Fsp3) is 0. The highest BCUT2D eigenvalue weighted by atomic mass is 79.9. The molecular formula is C16H10Br2N2OS. The van der Waals surface area contributed by atoms with E-state index in [9.17, 15) is 4.79 Å². The highest BCUT2D eigenvalue weighted by Crippen LogP contribution is 2.29. The number of hydrogen-bond acceptors (Lipinski definition) is 3. The van der Waals surface area contributed by atoms with E-state index in [1.165, 1.54) is 11.8 Å². The summed E-state index contributed by atoms with van der Waals surface area (Å²) in [5, 5.41) is 3.37.